The number of likely N-dealkylation sites (N-methyl/N-ethyl adjacent to an activating group) is 1. The van der Waals surface area contributed by atoms with Crippen molar-refractivity contribution in [2.24, 2.45) is 0 Å². The highest BCUT2D eigenvalue weighted by molar-refractivity contribution is 5.83. The lowest BCUT2D eigenvalue weighted by Gasteiger charge is -2.27. The van der Waals surface area contributed by atoms with E-state index in [2.05, 4.69) is 5.32 Å². The van der Waals surface area contributed by atoms with Gasteiger partial charge in [-0.25, -0.2) is 0 Å². The second-order valence-electron chi connectivity index (χ2n) is 4.58. The highest BCUT2D eigenvalue weighted by Gasteiger charge is 2.24. The maximum atomic E-state index is 11.9. The van der Waals surface area contributed by atoms with E-state index in [1.807, 2.05) is 31.2 Å². The van der Waals surface area contributed by atoms with Crippen LogP contribution in [0.5, 0.6) is 0 Å². The Morgan fingerprint density at radius 3 is 2.60 bits per heavy atom. The van der Waals surface area contributed by atoms with Crippen molar-refractivity contribution < 1.29 is 14.4 Å². The van der Waals surface area contributed by atoms with Crippen LogP contribution in [0, 0.1) is 6.92 Å². The monoisotopic (exact) mass is 276 g/mol. The Bertz CT molecular complexity index is 474. The number of benzene rings is 1. The van der Waals surface area contributed by atoms with Crippen LogP contribution < -0.4 is 5.32 Å². The number of rotatable bonds is 8. The van der Waals surface area contributed by atoms with Gasteiger partial charge >= 0.3 is 0 Å². The molecule has 0 fully saturated rings. The maximum Gasteiger partial charge on any atom is 0.242 e. The van der Waals surface area contributed by atoms with Crippen molar-refractivity contribution in [1.82, 2.24) is 10.2 Å². The van der Waals surface area contributed by atoms with Crippen LogP contribution in [0.1, 0.15) is 24.0 Å². The number of carbonyl (C=O) groups excluding carboxylic acids is 3. The van der Waals surface area contributed by atoms with E-state index in [0.717, 1.165) is 17.4 Å². The molecule has 0 aliphatic rings. The minimum absolute atomic E-state index is 0.246. The highest BCUT2D eigenvalue weighted by Crippen LogP contribution is 2.14. The third-order valence-corrected chi connectivity index (χ3v) is 3.26. The number of amides is 2. The average molecular weight is 276 g/mol. The number of nitrogens with zero attached hydrogens (tertiary/aromatic N) is 1. The quantitative estimate of drug-likeness (QED) is 0.722. The summed E-state index contributed by atoms with van der Waals surface area (Å²) in [5, 5.41) is 2.53. The summed E-state index contributed by atoms with van der Waals surface area (Å²) in [5.74, 6) is -0.257. The lowest BCUT2D eigenvalue weighted by molar-refractivity contribution is -0.133. The minimum atomic E-state index is -0.623. The second-order valence-corrected chi connectivity index (χ2v) is 4.58. The third kappa shape index (κ3) is 4.19. The third-order valence-electron chi connectivity index (χ3n) is 3.26. The van der Waals surface area contributed by atoms with Gasteiger partial charge in [-0.15, -0.1) is 0 Å². The standard InChI is InChI=1S/C15H20N2O3/c1-12-6-3-4-7-13(12)10-17(11-19)14(8-5-9-18)15(20)16-2/h3-4,6-7,9,11,14H,5,8,10H2,1-2H3,(H,16,20). The molecule has 0 aliphatic heterocycles. The molecule has 108 valence electrons. The number of aldehydes is 1. The summed E-state index contributed by atoms with van der Waals surface area (Å²) in [4.78, 5) is 35.1. The topological polar surface area (TPSA) is 66.5 Å². The van der Waals surface area contributed by atoms with Crippen molar-refractivity contribution in [3.63, 3.8) is 0 Å². The molecule has 0 aliphatic carbocycles. The van der Waals surface area contributed by atoms with Gasteiger partial charge in [0.25, 0.3) is 0 Å². The van der Waals surface area contributed by atoms with E-state index in [-0.39, 0.29) is 12.3 Å². The first-order valence-corrected chi connectivity index (χ1v) is 6.54. The Hall–Kier alpha value is -2.17. The number of carbonyl (C=O) groups is 3. The molecule has 0 bridgehead atoms. The molecule has 2 amide bonds. The summed E-state index contributed by atoms with van der Waals surface area (Å²) in [6.07, 6.45) is 1.99. The molecule has 0 aromatic heterocycles. The first-order chi connectivity index (χ1) is 9.63. The number of aryl methyl sites for hydroxylation is 1. The molecule has 5 nitrogen and oxygen atoms in total. The van der Waals surface area contributed by atoms with E-state index >= 15 is 0 Å². The Balaban J connectivity index is 2.89. The number of hydrogen-bond acceptors (Lipinski definition) is 3. The predicted octanol–water partition coefficient (Wildman–Crippen LogP) is 1.05. The molecule has 0 saturated carbocycles. The van der Waals surface area contributed by atoms with E-state index in [9.17, 15) is 14.4 Å². The van der Waals surface area contributed by atoms with Gasteiger partial charge in [0.15, 0.2) is 0 Å². The van der Waals surface area contributed by atoms with E-state index < -0.39 is 6.04 Å². The van der Waals surface area contributed by atoms with Crippen molar-refractivity contribution in [2.75, 3.05) is 7.05 Å². The van der Waals surface area contributed by atoms with Crippen LogP contribution in [0.15, 0.2) is 24.3 Å². The Morgan fingerprint density at radius 2 is 2.05 bits per heavy atom. The fourth-order valence-corrected chi connectivity index (χ4v) is 2.05. The molecule has 1 N–H and O–H groups in total. The van der Waals surface area contributed by atoms with Gasteiger partial charge < -0.3 is 15.0 Å². The van der Waals surface area contributed by atoms with Crippen LogP contribution in [-0.2, 0) is 20.9 Å². The SMILES string of the molecule is CNC(=O)C(CCC=O)N(C=O)Cc1ccccc1C. The van der Waals surface area contributed by atoms with Crippen molar-refractivity contribution in [2.45, 2.75) is 32.4 Å². The molecule has 0 saturated heterocycles. The van der Waals surface area contributed by atoms with E-state index in [4.69, 9.17) is 0 Å². The first-order valence-electron chi connectivity index (χ1n) is 6.54. The molecule has 20 heavy (non-hydrogen) atoms. The molecule has 1 aromatic rings. The zero-order valence-electron chi connectivity index (χ0n) is 11.8. The van der Waals surface area contributed by atoms with Crippen molar-refractivity contribution >= 4 is 18.6 Å². The smallest absolute Gasteiger partial charge is 0.242 e. The fraction of sp³-hybridized carbons (Fsp3) is 0.400. The Kier molecular flexibility index (Phi) is 6.43. The van der Waals surface area contributed by atoms with Gasteiger partial charge in [0.05, 0.1) is 0 Å². The van der Waals surface area contributed by atoms with Crippen LogP contribution in [0.4, 0.5) is 0 Å². The lowest BCUT2D eigenvalue weighted by atomic mass is 10.1. The van der Waals surface area contributed by atoms with E-state index in [1.165, 1.54) is 11.9 Å². The summed E-state index contributed by atoms with van der Waals surface area (Å²) in [6.45, 7) is 2.31. The Morgan fingerprint density at radius 1 is 1.35 bits per heavy atom. The fourth-order valence-electron chi connectivity index (χ4n) is 2.05. The molecule has 0 spiro atoms. The summed E-state index contributed by atoms with van der Waals surface area (Å²) in [5.41, 5.74) is 2.05. The van der Waals surface area contributed by atoms with Crippen LogP contribution in [0.25, 0.3) is 0 Å². The zero-order valence-corrected chi connectivity index (χ0v) is 11.8. The molecule has 1 atom stereocenters. The van der Waals surface area contributed by atoms with Crippen LogP contribution in [0.2, 0.25) is 0 Å². The summed E-state index contributed by atoms with van der Waals surface area (Å²) in [7, 11) is 1.52. The molecule has 1 aromatic carbocycles. The van der Waals surface area contributed by atoms with Crippen LogP contribution in [0.3, 0.4) is 0 Å². The average Bonchev–Trinajstić information content (AvgIpc) is 2.47. The summed E-state index contributed by atoms with van der Waals surface area (Å²) >= 11 is 0. The van der Waals surface area contributed by atoms with Gasteiger partial charge in [-0.05, 0) is 24.5 Å². The van der Waals surface area contributed by atoms with Gasteiger partial charge in [0.1, 0.15) is 12.3 Å². The highest BCUT2D eigenvalue weighted by atomic mass is 16.2. The number of hydrogen-bond donors (Lipinski definition) is 1. The molecule has 1 unspecified atom stereocenters. The molecule has 5 heteroatoms. The molecule has 1 rings (SSSR count). The largest absolute Gasteiger partial charge is 0.357 e. The van der Waals surface area contributed by atoms with Crippen molar-refractivity contribution in [1.29, 1.82) is 0 Å². The molecular formula is C15H20N2O3. The summed E-state index contributed by atoms with van der Waals surface area (Å²) < 4.78 is 0. The van der Waals surface area contributed by atoms with Gasteiger partial charge in [0.2, 0.25) is 12.3 Å². The van der Waals surface area contributed by atoms with Crippen LogP contribution >= 0.6 is 0 Å². The number of nitrogens with one attached hydrogen (secondary N) is 1. The summed E-state index contributed by atoms with van der Waals surface area (Å²) in [6, 6.07) is 7.07. The molecular weight excluding hydrogens is 256 g/mol. The normalized spacial score (nSPS) is 11.5. The van der Waals surface area contributed by atoms with E-state index in [1.54, 1.807) is 0 Å². The van der Waals surface area contributed by atoms with E-state index in [0.29, 0.717) is 19.4 Å². The second kappa shape index (κ2) is 8.09. The molecule has 0 radical (unpaired) electrons. The Labute approximate surface area is 119 Å². The van der Waals surface area contributed by atoms with Gasteiger partial charge in [0, 0.05) is 20.0 Å². The lowest BCUT2D eigenvalue weighted by Crippen LogP contribution is -2.45. The van der Waals surface area contributed by atoms with Gasteiger partial charge in [-0.1, -0.05) is 24.3 Å². The minimum Gasteiger partial charge on any atom is -0.357 e. The van der Waals surface area contributed by atoms with Crippen molar-refractivity contribution in [3.8, 4) is 0 Å². The van der Waals surface area contributed by atoms with Crippen molar-refractivity contribution in [3.05, 3.63) is 35.4 Å². The van der Waals surface area contributed by atoms with Gasteiger partial charge in [-0.2, -0.15) is 0 Å². The van der Waals surface area contributed by atoms with Gasteiger partial charge in [-0.3, -0.25) is 9.59 Å². The predicted molar refractivity (Wildman–Crippen MR) is 75.9 cm³/mol. The zero-order chi connectivity index (χ0) is 15.0. The molecule has 0 heterocycles. The van der Waals surface area contributed by atoms with Crippen LogP contribution in [-0.4, -0.2) is 36.6 Å². The maximum absolute atomic E-state index is 11.9. The first kappa shape index (κ1) is 15.9.